The molecule has 31 heavy (non-hydrogen) atoms. The molecule has 1 N–H and O–H groups in total. The average Bonchev–Trinajstić information content (AvgIpc) is 2.97. The number of fused-ring (bicyclic) bond motifs is 1. The topological polar surface area (TPSA) is 38.3 Å². The summed E-state index contributed by atoms with van der Waals surface area (Å²) in [6.45, 7) is 7.11. The number of carbonyl (C=O) groups is 1. The zero-order valence-electron chi connectivity index (χ0n) is 18.5. The zero-order valence-corrected chi connectivity index (χ0v) is 20.0. The van der Waals surface area contributed by atoms with Crippen LogP contribution in [0.2, 0.25) is 10.0 Å². The largest absolute Gasteiger partial charge is 0.494 e. The summed E-state index contributed by atoms with van der Waals surface area (Å²) in [4.78, 5) is 12.9. The first-order valence-corrected chi connectivity index (χ1v) is 12.1. The highest BCUT2D eigenvalue weighted by Gasteiger charge is 2.57. The van der Waals surface area contributed by atoms with Crippen molar-refractivity contribution in [3.8, 4) is 5.75 Å². The minimum Gasteiger partial charge on any atom is -0.494 e. The number of amides is 1. The van der Waals surface area contributed by atoms with Gasteiger partial charge in [0.15, 0.2) is 0 Å². The third-order valence-corrected chi connectivity index (χ3v) is 7.92. The summed E-state index contributed by atoms with van der Waals surface area (Å²) < 4.78 is 5.86. The molecule has 5 heteroatoms. The number of hydrogen-bond acceptors (Lipinski definition) is 2. The van der Waals surface area contributed by atoms with E-state index in [1.54, 1.807) is 0 Å². The molecule has 1 amide bonds. The molecule has 3 nitrogen and oxygen atoms in total. The SMILES string of the molecule is CCCCOc1ccc([C@@H]2CC[C@@]3(C)C(=O)N[C@H](C)[C@H]3[C@H]2c2ccc(Cl)cc2)c(Cl)c1. The summed E-state index contributed by atoms with van der Waals surface area (Å²) in [7, 11) is 0. The van der Waals surface area contributed by atoms with E-state index in [1.165, 1.54) is 5.56 Å². The van der Waals surface area contributed by atoms with Crippen LogP contribution in [-0.4, -0.2) is 18.6 Å². The van der Waals surface area contributed by atoms with Crippen molar-refractivity contribution >= 4 is 29.1 Å². The molecule has 166 valence electrons. The number of unbranched alkanes of at least 4 members (excludes halogenated alkanes) is 1. The van der Waals surface area contributed by atoms with Crippen LogP contribution in [0.15, 0.2) is 42.5 Å². The van der Waals surface area contributed by atoms with E-state index in [4.69, 9.17) is 27.9 Å². The van der Waals surface area contributed by atoms with E-state index in [0.717, 1.165) is 47.0 Å². The van der Waals surface area contributed by atoms with E-state index in [1.807, 2.05) is 24.3 Å². The monoisotopic (exact) mass is 459 g/mol. The summed E-state index contributed by atoms with van der Waals surface area (Å²) in [6, 6.07) is 14.3. The second-order valence-corrected chi connectivity index (χ2v) is 10.2. The summed E-state index contributed by atoms with van der Waals surface area (Å²) in [5.41, 5.74) is 1.99. The highest BCUT2D eigenvalue weighted by Crippen LogP contribution is 2.59. The zero-order chi connectivity index (χ0) is 22.2. The van der Waals surface area contributed by atoms with Gasteiger partial charge in [0, 0.05) is 22.0 Å². The normalized spacial score (nSPS) is 30.0. The van der Waals surface area contributed by atoms with Crippen molar-refractivity contribution in [1.82, 2.24) is 5.32 Å². The summed E-state index contributed by atoms with van der Waals surface area (Å²) >= 11 is 13.0. The van der Waals surface area contributed by atoms with Gasteiger partial charge in [0.2, 0.25) is 5.91 Å². The highest BCUT2D eigenvalue weighted by molar-refractivity contribution is 6.31. The Hall–Kier alpha value is -1.71. The predicted molar refractivity (Wildman–Crippen MR) is 127 cm³/mol. The average molecular weight is 460 g/mol. The third-order valence-electron chi connectivity index (χ3n) is 7.34. The maximum atomic E-state index is 12.9. The molecular formula is C26H31Cl2NO2. The van der Waals surface area contributed by atoms with Crippen LogP contribution in [0.5, 0.6) is 5.75 Å². The van der Waals surface area contributed by atoms with Gasteiger partial charge < -0.3 is 10.1 Å². The number of hydrogen-bond donors (Lipinski definition) is 1. The first-order chi connectivity index (χ1) is 14.8. The van der Waals surface area contributed by atoms with Crippen molar-refractivity contribution in [2.45, 2.75) is 64.3 Å². The fourth-order valence-corrected chi connectivity index (χ4v) is 6.18. The molecule has 0 radical (unpaired) electrons. The molecule has 0 bridgehead atoms. The van der Waals surface area contributed by atoms with Gasteiger partial charge in [-0.15, -0.1) is 0 Å². The first-order valence-electron chi connectivity index (χ1n) is 11.3. The Balaban J connectivity index is 1.72. The van der Waals surface area contributed by atoms with E-state index < -0.39 is 0 Å². The molecule has 2 aliphatic rings. The van der Waals surface area contributed by atoms with Gasteiger partial charge in [0.05, 0.1) is 12.0 Å². The van der Waals surface area contributed by atoms with Crippen LogP contribution in [0.25, 0.3) is 0 Å². The van der Waals surface area contributed by atoms with Crippen LogP contribution in [0.4, 0.5) is 0 Å². The number of carbonyl (C=O) groups excluding carboxylic acids is 1. The number of halogens is 2. The van der Waals surface area contributed by atoms with Gasteiger partial charge in [-0.25, -0.2) is 0 Å². The molecule has 2 fully saturated rings. The third kappa shape index (κ3) is 4.19. The minimum absolute atomic E-state index is 0.108. The fourth-order valence-electron chi connectivity index (χ4n) is 5.74. The lowest BCUT2D eigenvalue weighted by Gasteiger charge is -2.46. The van der Waals surface area contributed by atoms with Crippen molar-refractivity contribution in [2.24, 2.45) is 11.3 Å². The molecule has 1 aliphatic heterocycles. The van der Waals surface area contributed by atoms with E-state index in [9.17, 15) is 4.79 Å². The Morgan fingerprint density at radius 3 is 2.58 bits per heavy atom. The summed E-state index contributed by atoms with van der Waals surface area (Å²) in [5, 5.41) is 4.68. The molecule has 0 unspecified atom stereocenters. The number of ether oxygens (including phenoxy) is 1. The van der Waals surface area contributed by atoms with Gasteiger partial charge in [-0.3, -0.25) is 4.79 Å². The van der Waals surface area contributed by atoms with Crippen molar-refractivity contribution < 1.29 is 9.53 Å². The van der Waals surface area contributed by atoms with Crippen LogP contribution in [-0.2, 0) is 4.79 Å². The van der Waals surface area contributed by atoms with Gasteiger partial charge in [-0.1, -0.05) is 61.7 Å². The quantitative estimate of drug-likeness (QED) is 0.473. The molecule has 1 saturated carbocycles. The van der Waals surface area contributed by atoms with Crippen molar-refractivity contribution in [3.05, 3.63) is 63.6 Å². The molecule has 0 aromatic heterocycles. The lowest BCUT2D eigenvalue weighted by Crippen LogP contribution is -2.42. The Morgan fingerprint density at radius 1 is 1.16 bits per heavy atom. The van der Waals surface area contributed by atoms with Crippen LogP contribution in [0.3, 0.4) is 0 Å². The molecule has 2 aromatic rings. The minimum atomic E-state index is -0.365. The van der Waals surface area contributed by atoms with Gasteiger partial charge in [0.25, 0.3) is 0 Å². The highest BCUT2D eigenvalue weighted by atomic mass is 35.5. The Bertz CT molecular complexity index is 945. The molecule has 1 aliphatic carbocycles. The second-order valence-electron chi connectivity index (χ2n) is 9.31. The van der Waals surface area contributed by atoms with Gasteiger partial charge in [-0.05, 0) is 73.4 Å². The van der Waals surface area contributed by atoms with E-state index >= 15 is 0 Å². The number of rotatable bonds is 6. The van der Waals surface area contributed by atoms with Crippen molar-refractivity contribution in [3.63, 3.8) is 0 Å². The van der Waals surface area contributed by atoms with E-state index in [0.29, 0.717) is 6.61 Å². The van der Waals surface area contributed by atoms with Crippen molar-refractivity contribution in [2.75, 3.05) is 6.61 Å². The molecule has 0 spiro atoms. The maximum Gasteiger partial charge on any atom is 0.226 e. The molecular weight excluding hydrogens is 429 g/mol. The molecule has 2 aromatic carbocycles. The van der Waals surface area contributed by atoms with E-state index in [-0.39, 0.29) is 35.1 Å². The van der Waals surface area contributed by atoms with Gasteiger partial charge in [0.1, 0.15) is 5.75 Å². The van der Waals surface area contributed by atoms with Crippen LogP contribution in [0.1, 0.15) is 69.4 Å². The van der Waals surface area contributed by atoms with Crippen molar-refractivity contribution in [1.29, 1.82) is 0 Å². The Morgan fingerprint density at radius 2 is 1.90 bits per heavy atom. The summed E-state index contributed by atoms with van der Waals surface area (Å²) in [6.07, 6.45) is 3.89. The Kier molecular flexibility index (Phi) is 6.55. The second kappa shape index (κ2) is 9.03. The predicted octanol–water partition coefficient (Wildman–Crippen LogP) is 6.97. The van der Waals surface area contributed by atoms with Gasteiger partial charge >= 0.3 is 0 Å². The lowest BCUT2D eigenvalue weighted by atomic mass is 9.56. The molecule has 1 heterocycles. The van der Waals surface area contributed by atoms with Crippen LogP contribution >= 0.6 is 23.2 Å². The summed E-state index contributed by atoms with van der Waals surface area (Å²) in [5.74, 6) is 1.59. The smallest absolute Gasteiger partial charge is 0.226 e. The molecule has 4 rings (SSSR count). The van der Waals surface area contributed by atoms with E-state index in [2.05, 4.69) is 44.3 Å². The van der Waals surface area contributed by atoms with Crippen LogP contribution in [0, 0.1) is 11.3 Å². The first kappa shape index (κ1) is 22.5. The molecule has 1 saturated heterocycles. The standard InChI is InChI=1S/C26H31Cl2NO2/c1-4-5-14-31-19-10-11-20(22(28)15-19)21-12-13-26(3)24(16(2)29-25(26)30)23(21)17-6-8-18(27)9-7-17/h6-11,15-16,21,23-24H,4-5,12-14H2,1-3H3,(H,29,30)/t16-,21+,23+,24+,26-/m1/s1. The van der Waals surface area contributed by atoms with Gasteiger partial charge in [-0.2, -0.15) is 0 Å². The Labute approximate surface area is 195 Å². The fraction of sp³-hybridized carbons (Fsp3) is 0.500. The lowest BCUT2D eigenvalue weighted by molar-refractivity contribution is -0.129. The molecule has 5 atom stereocenters. The van der Waals surface area contributed by atoms with Crippen LogP contribution < -0.4 is 10.1 Å². The number of nitrogens with one attached hydrogen (secondary N) is 1. The number of benzene rings is 2. The maximum absolute atomic E-state index is 12.9.